The molecule has 0 amide bonds. The third-order valence-electron chi connectivity index (χ3n) is 2.52. The summed E-state index contributed by atoms with van der Waals surface area (Å²) in [5.74, 6) is 0. The monoisotopic (exact) mass is 294 g/mol. The molecule has 88 valence electrons. The lowest BCUT2D eigenvalue weighted by molar-refractivity contribution is 0.934. The first kappa shape index (κ1) is 11.9. The molecule has 0 atom stereocenters. The van der Waals surface area contributed by atoms with Crippen LogP contribution >= 0.6 is 15.9 Å². The maximum atomic E-state index is 11.7. The van der Waals surface area contributed by atoms with E-state index in [1.165, 1.54) is 0 Å². The molecule has 0 saturated carbocycles. The number of aromatic nitrogens is 2. The highest BCUT2D eigenvalue weighted by atomic mass is 79.9. The summed E-state index contributed by atoms with van der Waals surface area (Å²) in [6.45, 7) is 1.73. The van der Waals surface area contributed by atoms with Crippen LogP contribution in [-0.2, 0) is 6.42 Å². The van der Waals surface area contributed by atoms with Gasteiger partial charge in [0, 0.05) is 22.2 Å². The van der Waals surface area contributed by atoms with Crippen LogP contribution in [0.3, 0.4) is 0 Å². The van der Waals surface area contributed by atoms with Crippen LogP contribution in [0.1, 0.15) is 16.8 Å². The number of nitrogens with one attached hydrogen (secondary N) is 2. The second kappa shape index (κ2) is 4.71. The summed E-state index contributed by atoms with van der Waals surface area (Å²) in [5.41, 5.74) is 1.41. The van der Waals surface area contributed by atoms with Gasteiger partial charge in [0.2, 0.25) is 0 Å². The van der Waals surface area contributed by atoms with Gasteiger partial charge in [-0.15, -0.1) is 0 Å². The van der Waals surface area contributed by atoms with E-state index in [4.69, 9.17) is 0 Å². The summed E-state index contributed by atoms with van der Waals surface area (Å²) < 4.78 is 0.966. The minimum Gasteiger partial charge on any atom is -0.311 e. The number of H-pyrrole nitrogens is 2. The smallest absolute Gasteiger partial charge is 0.311 e. The van der Waals surface area contributed by atoms with Crippen molar-refractivity contribution >= 4 is 15.9 Å². The standard InChI is InChI=1S/C12H11BrN2O2/c1-7-10(11(16)15-12(17)14-7)6-8-3-2-4-9(13)5-8/h2-5H,6H2,1H3,(H2,14,15,16,17). The highest BCUT2D eigenvalue weighted by molar-refractivity contribution is 9.10. The van der Waals surface area contributed by atoms with Gasteiger partial charge in [-0.05, 0) is 24.6 Å². The van der Waals surface area contributed by atoms with Crippen molar-refractivity contribution in [2.75, 3.05) is 0 Å². The zero-order valence-corrected chi connectivity index (χ0v) is 10.8. The summed E-state index contributed by atoms with van der Waals surface area (Å²) in [6.07, 6.45) is 0.497. The van der Waals surface area contributed by atoms with Crippen LogP contribution in [0.4, 0.5) is 0 Å². The molecule has 17 heavy (non-hydrogen) atoms. The van der Waals surface area contributed by atoms with E-state index in [0.717, 1.165) is 10.0 Å². The van der Waals surface area contributed by atoms with Crippen LogP contribution in [0.25, 0.3) is 0 Å². The fourth-order valence-electron chi connectivity index (χ4n) is 1.69. The largest absolute Gasteiger partial charge is 0.325 e. The van der Waals surface area contributed by atoms with E-state index in [0.29, 0.717) is 17.7 Å². The Morgan fingerprint density at radius 1 is 1.24 bits per heavy atom. The molecule has 0 aliphatic rings. The minimum atomic E-state index is -0.467. The molecule has 4 nitrogen and oxygen atoms in total. The number of benzene rings is 1. The molecule has 0 unspecified atom stereocenters. The number of aryl methyl sites for hydroxylation is 1. The average Bonchev–Trinajstić information content (AvgIpc) is 2.23. The van der Waals surface area contributed by atoms with Gasteiger partial charge in [0.1, 0.15) is 0 Å². The summed E-state index contributed by atoms with van der Waals surface area (Å²) in [4.78, 5) is 27.5. The molecule has 0 aliphatic heterocycles. The molecule has 0 bridgehead atoms. The lowest BCUT2D eigenvalue weighted by Gasteiger charge is -2.04. The number of rotatable bonds is 2. The van der Waals surface area contributed by atoms with Crippen molar-refractivity contribution in [3.63, 3.8) is 0 Å². The van der Waals surface area contributed by atoms with E-state index in [-0.39, 0.29) is 5.56 Å². The summed E-state index contributed by atoms with van der Waals surface area (Å²) in [7, 11) is 0. The average molecular weight is 295 g/mol. The van der Waals surface area contributed by atoms with Crippen LogP contribution in [0.5, 0.6) is 0 Å². The Morgan fingerprint density at radius 3 is 2.65 bits per heavy atom. The van der Waals surface area contributed by atoms with Gasteiger partial charge in [0.15, 0.2) is 0 Å². The molecule has 5 heteroatoms. The molecule has 1 aromatic carbocycles. The Labute approximate surface area is 106 Å². The van der Waals surface area contributed by atoms with Crippen LogP contribution < -0.4 is 11.2 Å². The lowest BCUT2D eigenvalue weighted by atomic mass is 10.1. The molecule has 0 radical (unpaired) electrons. The topological polar surface area (TPSA) is 65.7 Å². The maximum absolute atomic E-state index is 11.7. The Balaban J connectivity index is 2.43. The van der Waals surface area contributed by atoms with E-state index in [1.54, 1.807) is 6.92 Å². The van der Waals surface area contributed by atoms with E-state index in [9.17, 15) is 9.59 Å². The molecule has 2 rings (SSSR count). The van der Waals surface area contributed by atoms with Crippen LogP contribution in [0.2, 0.25) is 0 Å². The van der Waals surface area contributed by atoms with Gasteiger partial charge in [0.25, 0.3) is 5.56 Å². The Kier molecular flexibility index (Phi) is 3.28. The fourth-order valence-corrected chi connectivity index (χ4v) is 2.14. The number of hydrogen-bond acceptors (Lipinski definition) is 2. The highest BCUT2D eigenvalue weighted by Crippen LogP contribution is 2.14. The normalized spacial score (nSPS) is 10.5. The first-order valence-electron chi connectivity index (χ1n) is 5.13. The van der Waals surface area contributed by atoms with Crippen molar-refractivity contribution in [3.8, 4) is 0 Å². The van der Waals surface area contributed by atoms with Crippen molar-refractivity contribution in [1.29, 1.82) is 0 Å². The zero-order chi connectivity index (χ0) is 12.4. The number of aromatic amines is 2. The van der Waals surface area contributed by atoms with E-state index in [2.05, 4.69) is 25.9 Å². The second-order valence-corrected chi connectivity index (χ2v) is 4.73. The van der Waals surface area contributed by atoms with Crippen LogP contribution in [0.15, 0.2) is 38.3 Å². The van der Waals surface area contributed by atoms with Gasteiger partial charge in [-0.3, -0.25) is 9.78 Å². The van der Waals surface area contributed by atoms with Crippen molar-refractivity contribution in [2.45, 2.75) is 13.3 Å². The molecule has 2 N–H and O–H groups in total. The maximum Gasteiger partial charge on any atom is 0.325 e. The van der Waals surface area contributed by atoms with Crippen LogP contribution in [0, 0.1) is 6.92 Å². The van der Waals surface area contributed by atoms with Gasteiger partial charge in [-0.1, -0.05) is 28.1 Å². The van der Waals surface area contributed by atoms with Crippen molar-refractivity contribution in [3.05, 3.63) is 66.4 Å². The predicted octanol–water partition coefficient (Wildman–Crippen LogP) is 1.72. The minimum absolute atomic E-state index is 0.328. The van der Waals surface area contributed by atoms with Crippen molar-refractivity contribution in [1.82, 2.24) is 9.97 Å². The first-order valence-corrected chi connectivity index (χ1v) is 5.92. The molecular formula is C12H11BrN2O2. The fraction of sp³-hybridized carbons (Fsp3) is 0.167. The SMILES string of the molecule is Cc1[nH]c(=O)[nH]c(=O)c1Cc1cccc(Br)c1. The van der Waals surface area contributed by atoms with Gasteiger partial charge in [-0.2, -0.15) is 0 Å². The molecule has 1 heterocycles. The van der Waals surface area contributed by atoms with E-state index < -0.39 is 5.69 Å². The molecule has 0 saturated heterocycles. The van der Waals surface area contributed by atoms with Gasteiger partial charge >= 0.3 is 5.69 Å². The highest BCUT2D eigenvalue weighted by Gasteiger charge is 2.06. The van der Waals surface area contributed by atoms with Gasteiger partial charge < -0.3 is 4.98 Å². The molecule has 2 aromatic rings. The molecule has 1 aromatic heterocycles. The Bertz CT molecular complexity index is 658. The lowest BCUT2D eigenvalue weighted by Crippen LogP contribution is -2.27. The molecule has 0 fully saturated rings. The molecule has 0 spiro atoms. The van der Waals surface area contributed by atoms with E-state index >= 15 is 0 Å². The molecular weight excluding hydrogens is 284 g/mol. The molecule has 0 aliphatic carbocycles. The predicted molar refractivity (Wildman–Crippen MR) is 69.4 cm³/mol. The van der Waals surface area contributed by atoms with Crippen molar-refractivity contribution in [2.24, 2.45) is 0 Å². The van der Waals surface area contributed by atoms with E-state index in [1.807, 2.05) is 24.3 Å². The quantitative estimate of drug-likeness (QED) is 0.886. The van der Waals surface area contributed by atoms with Gasteiger partial charge in [-0.25, -0.2) is 4.79 Å². The number of hydrogen-bond donors (Lipinski definition) is 2. The van der Waals surface area contributed by atoms with Crippen molar-refractivity contribution < 1.29 is 0 Å². The second-order valence-electron chi connectivity index (χ2n) is 3.82. The third-order valence-corrected chi connectivity index (χ3v) is 3.02. The third kappa shape index (κ3) is 2.74. The Hall–Kier alpha value is -1.62. The number of halogens is 1. The summed E-state index contributed by atoms with van der Waals surface area (Å²) in [5, 5.41) is 0. The summed E-state index contributed by atoms with van der Waals surface area (Å²) in [6, 6.07) is 7.72. The Morgan fingerprint density at radius 2 is 2.00 bits per heavy atom. The summed E-state index contributed by atoms with van der Waals surface area (Å²) >= 11 is 3.38. The van der Waals surface area contributed by atoms with Gasteiger partial charge in [0.05, 0.1) is 0 Å². The zero-order valence-electron chi connectivity index (χ0n) is 9.21. The van der Waals surface area contributed by atoms with Crippen LogP contribution in [-0.4, -0.2) is 9.97 Å². The first-order chi connectivity index (χ1) is 8.06.